The summed E-state index contributed by atoms with van der Waals surface area (Å²) >= 11 is 5.16. The number of nitrogens with zero attached hydrogens (tertiary/aromatic N) is 1. The Morgan fingerprint density at radius 2 is 2.43 bits per heavy atom. The fourth-order valence-corrected chi connectivity index (χ4v) is 2.71. The van der Waals surface area contributed by atoms with Gasteiger partial charge in [-0.1, -0.05) is 6.92 Å². The fourth-order valence-electron chi connectivity index (χ4n) is 1.43. The summed E-state index contributed by atoms with van der Waals surface area (Å²) in [5, 5.41) is 9.03. The predicted octanol–water partition coefficient (Wildman–Crippen LogP) is 3.05. The van der Waals surface area contributed by atoms with Crippen LogP contribution in [0.2, 0.25) is 0 Å². The lowest BCUT2D eigenvalue weighted by molar-refractivity contribution is 1.10. The van der Waals surface area contributed by atoms with Crippen LogP contribution < -0.4 is 5.73 Å². The van der Waals surface area contributed by atoms with Crippen molar-refractivity contribution >= 4 is 33.1 Å². The molecule has 2 rings (SSSR count). The van der Waals surface area contributed by atoms with E-state index >= 15 is 0 Å². The largest absolute Gasteiger partial charge is 0.382 e. The molecule has 0 aliphatic carbocycles. The Kier molecular flexibility index (Phi) is 2.60. The van der Waals surface area contributed by atoms with E-state index in [0.29, 0.717) is 5.82 Å². The van der Waals surface area contributed by atoms with Gasteiger partial charge in [-0.2, -0.15) is 5.10 Å². The van der Waals surface area contributed by atoms with E-state index in [1.165, 1.54) is 0 Å². The van der Waals surface area contributed by atoms with Crippen molar-refractivity contribution in [3.05, 3.63) is 20.8 Å². The summed E-state index contributed by atoms with van der Waals surface area (Å²) in [5.74, 6) is 0.598. The molecule has 3 nitrogen and oxygen atoms in total. The Labute approximate surface area is 94.5 Å². The summed E-state index contributed by atoms with van der Waals surface area (Å²) in [7, 11) is 0. The second-order valence-corrected chi connectivity index (χ2v) is 5.16. The molecule has 2 aromatic rings. The van der Waals surface area contributed by atoms with Crippen LogP contribution in [-0.2, 0) is 6.42 Å². The van der Waals surface area contributed by atoms with Crippen molar-refractivity contribution < 1.29 is 0 Å². The molecule has 3 N–H and O–H groups in total. The molecule has 0 bridgehead atoms. The fraction of sp³-hybridized carbons (Fsp3) is 0.222. The van der Waals surface area contributed by atoms with Gasteiger partial charge in [0.15, 0.2) is 0 Å². The van der Waals surface area contributed by atoms with E-state index in [4.69, 9.17) is 5.73 Å². The van der Waals surface area contributed by atoms with Gasteiger partial charge in [0, 0.05) is 11.1 Å². The maximum absolute atomic E-state index is 5.75. The standard InChI is InChI=1S/C9H10BrN3S/c1-2-5-7(12-13-9(5)11)6-3-4-14-8(6)10/h3-4H,2H2,1H3,(H3,11,12,13). The van der Waals surface area contributed by atoms with Gasteiger partial charge in [0.1, 0.15) is 5.82 Å². The number of rotatable bonds is 2. The third-order valence-electron chi connectivity index (χ3n) is 2.14. The lowest BCUT2D eigenvalue weighted by Crippen LogP contribution is -1.90. The van der Waals surface area contributed by atoms with Gasteiger partial charge in [0.2, 0.25) is 0 Å². The van der Waals surface area contributed by atoms with E-state index in [1.54, 1.807) is 11.3 Å². The van der Waals surface area contributed by atoms with Gasteiger partial charge in [-0.25, -0.2) is 0 Å². The lowest BCUT2D eigenvalue weighted by atomic mass is 10.1. The van der Waals surface area contributed by atoms with Crippen molar-refractivity contribution in [2.75, 3.05) is 5.73 Å². The maximum atomic E-state index is 5.75. The van der Waals surface area contributed by atoms with Gasteiger partial charge in [0.05, 0.1) is 9.48 Å². The molecule has 2 aromatic heterocycles. The third kappa shape index (κ3) is 1.46. The second-order valence-electron chi connectivity index (χ2n) is 2.92. The topological polar surface area (TPSA) is 54.7 Å². The zero-order valence-corrected chi connectivity index (χ0v) is 10.1. The van der Waals surface area contributed by atoms with E-state index < -0.39 is 0 Å². The molecule has 0 unspecified atom stereocenters. The molecule has 0 aromatic carbocycles. The van der Waals surface area contributed by atoms with Crippen LogP contribution in [0.1, 0.15) is 12.5 Å². The quantitative estimate of drug-likeness (QED) is 0.882. The number of nitrogen functional groups attached to an aromatic ring is 1. The van der Waals surface area contributed by atoms with Crippen LogP contribution >= 0.6 is 27.3 Å². The van der Waals surface area contributed by atoms with Crippen molar-refractivity contribution in [3.63, 3.8) is 0 Å². The SMILES string of the molecule is CCc1c(N)n[nH]c1-c1ccsc1Br. The zero-order chi connectivity index (χ0) is 10.1. The molecule has 0 aliphatic rings. The Bertz CT molecular complexity index is 447. The van der Waals surface area contributed by atoms with Gasteiger partial charge >= 0.3 is 0 Å². The number of nitrogens with two attached hydrogens (primary N) is 1. The van der Waals surface area contributed by atoms with Crippen LogP contribution in [0.5, 0.6) is 0 Å². The monoisotopic (exact) mass is 271 g/mol. The van der Waals surface area contributed by atoms with Crippen LogP contribution in [-0.4, -0.2) is 10.2 Å². The predicted molar refractivity (Wildman–Crippen MR) is 63.4 cm³/mol. The molecule has 0 saturated heterocycles. The molecular weight excluding hydrogens is 262 g/mol. The van der Waals surface area contributed by atoms with Crippen LogP contribution in [0.4, 0.5) is 5.82 Å². The molecule has 0 aliphatic heterocycles. The van der Waals surface area contributed by atoms with Gasteiger partial charge < -0.3 is 5.73 Å². The number of H-pyrrole nitrogens is 1. The van der Waals surface area contributed by atoms with Crippen molar-refractivity contribution in [1.82, 2.24) is 10.2 Å². The normalized spacial score (nSPS) is 10.7. The molecular formula is C9H10BrN3S. The van der Waals surface area contributed by atoms with Crippen LogP contribution in [0, 0.1) is 0 Å². The summed E-state index contributed by atoms with van der Waals surface area (Å²) in [6, 6.07) is 2.06. The van der Waals surface area contributed by atoms with E-state index in [1.807, 2.05) is 5.38 Å². The average molecular weight is 272 g/mol. The first-order valence-electron chi connectivity index (χ1n) is 4.30. The molecule has 74 valence electrons. The molecule has 0 atom stereocenters. The number of hydrogen-bond donors (Lipinski definition) is 2. The second kappa shape index (κ2) is 3.74. The molecule has 0 amide bonds. The summed E-state index contributed by atoms with van der Waals surface area (Å²) in [6.07, 6.45) is 0.889. The first kappa shape index (κ1) is 9.73. The zero-order valence-electron chi connectivity index (χ0n) is 7.67. The minimum absolute atomic E-state index is 0.598. The first-order valence-corrected chi connectivity index (χ1v) is 5.97. The highest BCUT2D eigenvalue weighted by Crippen LogP contribution is 2.35. The number of aromatic nitrogens is 2. The summed E-state index contributed by atoms with van der Waals surface area (Å²) in [4.78, 5) is 0. The van der Waals surface area contributed by atoms with Gasteiger partial charge in [0.25, 0.3) is 0 Å². The Morgan fingerprint density at radius 1 is 1.64 bits per heavy atom. The number of aromatic amines is 1. The summed E-state index contributed by atoms with van der Waals surface area (Å²) in [6.45, 7) is 2.07. The van der Waals surface area contributed by atoms with Gasteiger partial charge in [-0.15, -0.1) is 11.3 Å². The van der Waals surface area contributed by atoms with Crippen molar-refractivity contribution in [3.8, 4) is 11.3 Å². The van der Waals surface area contributed by atoms with Crippen LogP contribution in [0.3, 0.4) is 0 Å². The number of halogens is 1. The van der Waals surface area contributed by atoms with Crippen molar-refractivity contribution in [2.45, 2.75) is 13.3 Å². The van der Waals surface area contributed by atoms with Crippen LogP contribution in [0.25, 0.3) is 11.3 Å². The number of thiophene rings is 1. The highest BCUT2D eigenvalue weighted by atomic mass is 79.9. The minimum Gasteiger partial charge on any atom is -0.382 e. The maximum Gasteiger partial charge on any atom is 0.149 e. The molecule has 5 heteroatoms. The van der Waals surface area contributed by atoms with Crippen LogP contribution in [0.15, 0.2) is 15.2 Å². The van der Waals surface area contributed by atoms with E-state index in [0.717, 1.165) is 27.0 Å². The number of anilines is 1. The van der Waals surface area contributed by atoms with E-state index in [2.05, 4.69) is 39.1 Å². The Morgan fingerprint density at radius 3 is 3.00 bits per heavy atom. The Balaban J connectivity index is 2.57. The molecule has 2 heterocycles. The van der Waals surface area contributed by atoms with Gasteiger partial charge in [-0.05, 0) is 33.8 Å². The molecule has 14 heavy (non-hydrogen) atoms. The van der Waals surface area contributed by atoms with E-state index in [-0.39, 0.29) is 0 Å². The smallest absolute Gasteiger partial charge is 0.149 e. The van der Waals surface area contributed by atoms with Crippen molar-refractivity contribution in [1.29, 1.82) is 0 Å². The third-order valence-corrected chi connectivity index (χ3v) is 3.83. The number of nitrogens with one attached hydrogen (secondary N) is 1. The van der Waals surface area contributed by atoms with E-state index in [9.17, 15) is 0 Å². The molecule has 0 saturated carbocycles. The molecule has 0 fully saturated rings. The Hall–Kier alpha value is -0.810. The number of hydrogen-bond acceptors (Lipinski definition) is 3. The minimum atomic E-state index is 0.598. The molecule has 0 spiro atoms. The lowest BCUT2D eigenvalue weighted by Gasteiger charge is -1.99. The average Bonchev–Trinajstić information content (AvgIpc) is 2.71. The molecule has 0 radical (unpaired) electrons. The highest BCUT2D eigenvalue weighted by molar-refractivity contribution is 9.11. The first-order chi connectivity index (χ1) is 6.74. The highest BCUT2D eigenvalue weighted by Gasteiger charge is 2.13. The van der Waals surface area contributed by atoms with Crippen molar-refractivity contribution in [2.24, 2.45) is 0 Å². The van der Waals surface area contributed by atoms with Gasteiger partial charge in [-0.3, -0.25) is 5.10 Å². The summed E-state index contributed by atoms with van der Waals surface area (Å²) < 4.78 is 1.11. The summed E-state index contributed by atoms with van der Waals surface area (Å²) in [5.41, 5.74) is 9.00.